The van der Waals surface area contributed by atoms with Gasteiger partial charge in [0.15, 0.2) is 0 Å². The minimum atomic E-state index is -0.934. The number of nitrogens with zero attached hydrogens (tertiary/aromatic N) is 1. The molecule has 2 aromatic rings. The number of anilines is 1. The lowest BCUT2D eigenvalue weighted by Gasteiger charge is -2.14. The molecule has 2 heterocycles. The highest BCUT2D eigenvalue weighted by molar-refractivity contribution is 5.88. The van der Waals surface area contributed by atoms with Crippen LogP contribution in [-0.4, -0.2) is 22.1 Å². The average Bonchev–Trinajstić information content (AvgIpc) is 2.91. The first-order chi connectivity index (χ1) is 10.1. The van der Waals surface area contributed by atoms with Gasteiger partial charge in [0.25, 0.3) is 0 Å². The summed E-state index contributed by atoms with van der Waals surface area (Å²) in [5.74, 6) is 0.548. The quantitative estimate of drug-likeness (QED) is 0.817. The lowest BCUT2D eigenvalue weighted by molar-refractivity contribution is 0.0696. The number of aryl methyl sites for hydroxylation is 1. The van der Waals surface area contributed by atoms with Crippen LogP contribution in [0.5, 0.6) is 0 Å². The third-order valence-electron chi connectivity index (χ3n) is 3.11. The van der Waals surface area contributed by atoms with Crippen molar-refractivity contribution < 1.29 is 14.3 Å². The monoisotopic (exact) mass is 288 g/mol. The molecule has 0 bridgehead atoms. The third-order valence-corrected chi connectivity index (χ3v) is 3.11. The van der Waals surface area contributed by atoms with Gasteiger partial charge in [0, 0.05) is 18.2 Å². The molecule has 2 N–H and O–H groups in total. The van der Waals surface area contributed by atoms with E-state index in [0.717, 1.165) is 30.7 Å². The van der Waals surface area contributed by atoms with Gasteiger partial charge >= 0.3 is 5.97 Å². The van der Waals surface area contributed by atoms with E-state index in [4.69, 9.17) is 4.42 Å². The van der Waals surface area contributed by atoms with Gasteiger partial charge in [-0.05, 0) is 37.6 Å². The highest BCUT2D eigenvalue weighted by atomic mass is 16.4. The van der Waals surface area contributed by atoms with Crippen LogP contribution in [0.25, 0.3) is 0 Å². The Bertz CT molecular complexity index is 594. The van der Waals surface area contributed by atoms with Gasteiger partial charge in [-0.2, -0.15) is 0 Å². The van der Waals surface area contributed by atoms with E-state index in [1.54, 1.807) is 18.4 Å². The predicted octanol–water partition coefficient (Wildman–Crippen LogP) is 3.37. The minimum Gasteiger partial charge on any atom is -0.478 e. The van der Waals surface area contributed by atoms with Crippen LogP contribution >= 0.6 is 0 Å². The van der Waals surface area contributed by atoms with E-state index in [-0.39, 0.29) is 11.6 Å². The van der Waals surface area contributed by atoms with Crippen molar-refractivity contribution in [1.29, 1.82) is 0 Å². The van der Waals surface area contributed by atoms with Gasteiger partial charge in [-0.15, -0.1) is 0 Å². The number of nitrogens with one attached hydrogen (secondary N) is 1. The molecule has 0 saturated carbocycles. The molecule has 0 spiro atoms. The van der Waals surface area contributed by atoms with Crippen molar-refractivity contribution in [2.45, 2.75) is 39.2 Å². The number of hydrogen-bond acceptors (Lipinski definition) is 4. The van der Waals surface area contributed by atoms with E-state index in [2.05, 4.69) is 10.3 Å². The second kappa shape index (κ2) is 6.92. The fourth-order valence-corrected chi connectivity index (χ4v) is 2.20. The molecule has 5 heteroatoms. The molecule has 0 amide bonds. The van der Waals surface area contributed by atoms with Crippen LogP contribution in [-0.2, 0) is 12.8 Å². The Labute approximate surface area is 124 Å². The normalized spacial score (nSPS) is 12.1. The van der Waals surface area contributed by atoms with Crippen LogP contribution in [0.3, 0.4) is 0 Å². The molecule has 0 aliphatic carbocycles. The lowest BCUT2D eigenvalue weighted by atomic mass is 10.1. The SMILES string of the molecule is CCCc1cc(C(=O)O)cc(NC(C)Cc2ccco2)n1. The summed E-state index contributed by atoms with van der Waals surface area (Å²) in [6.07, 6.45) is 4.06. The van der Waals surface area contributed by atoms with Crippen molar-refractivity contribution in [2.24, 2.45) is 0 Å². The molecular formula is C16H20N2O3. The number of carboxylic acid groups (broad SMARTS) is 1. The number of carbonyl (C=O) groups is 1. The Morgan fingerprint density at radius 1 is 1.48 bits per heavy atom. The van der Waals surface area contributed by atoms with Gasteiger partial charge < -0.3 is 14.8 Å². The van der Waals surface area contributed by atoms with Crippen LogP contribution in [0.4, 0.5) is 5.82 Å². The highest BCUT2D eigenvalue weighted by Crippen LogP contribution is 2.15. The Hall–Kier alpha value is -2.30. The van der Waals surface area contributed by atoms with E-state index < -0.39 is 5.97 Å². The first kappa shape index (κ1) is 15.1. The highest BCUT2D eigenvalue weighted by Gasteiger charge is 2.11. The van der Waals surface area contributed by atoms with Gasteiger partial charge in [0.2, 0.25) is 0 Å². The first-order valence-electron chi connectivity index (χ1n) is 7.11. The number of carboxylic acids is 1. The van der Waals surface area contributed by atoms with Crippen molar-refractivity contribution >= 4 is 11.8 Å². The topological polar surface area (TPSA) is 75.4 Å². The maximum atomic E-state index is 11.2. The van der Waals surface area contributed by atoms with E-state index in [0.29, 0.717) is 5.82 Å². The molecule has 0 aromatic carbocycles. The molecule has 0 saturated heterocycles. The molecule has 112 valence electrons. The molecule has 1 atom stereocenters. The van der Waals surface area contributed by atoms with Crippen LogP contribution in [0.1, 0.15) is 42.1 Å². The molecule has 0 radical (unpaired) electrons. The van der Waals surface area contributed by atoms with Crippen molar-refractivity contribution in [3.63, 3.8) is 0 Å². The number of rotatable bonds is 7. The minimum absolute atomic E-state index is 0.0992. The predicted molar refractivity (Wildman–Crippen MR) is 80.7 cm³/mol. The zero-order valence-electron chi connectivity index (χ0n) is 12.3. The summed E-state index contributed by atoms with van der Waals surface area (Å²) >= 11 is 0. The van der Waals surface area contributed by atoms with E-state index in [1.807, 2.05) is 26.0 Å². The number of aromatic nitrogens is 1. The van der Waals surface area contributed by atoms with Crippen LogP contribution < -0.4 is 5.32 Å². The summed E-state index contributed by atoms with van der Waals surface area (Å²) in [7, 11) is 0. The summed E-state index contributed by atoms with van der Waals surface area (Å²) in [5, 5.41) is 12.4. The molecule has 0 fully saturated rings. The summed E-state index contributed by atoms with van der Waals surface area (Å²) in [4.78, 5) is 15.7. The zero-order chi connectivity index (χ0) is 15.2. The summed E-state index contributed by atoms with van der Waals surface area (Å²) in [5.41, 5.74) is 1.06. The van der Waals surface area contributed by atoms with E-state index in [1.165, 1.54) is 0 Å². The number of furan rings is 1. The van der Waals surface area contributed by atoms with Gasteiger partial charge in [-0.25, -0.2) is 9.78 Å². The Balaban J connectivity index is 2.12. The van der Waals surface area contributed by atoms with Gasteiger partial charge in [0.1, 0.15) is 11.6 Å². The zero-order valence-corrected chi connectivity index (χ0v) is 12.3. The molecular weight excluding hydrogens is 268 g/mol. The molecule has 2 aromatic heterocycles. The standard InChI is InChI=1S/C16H20N2O3/c1-3-5-13-9-12(16(19)20)10-15(18-13)17-11(2)8-14-6-4-7-21-14/h4,6-7,9-11H,3,5,8H2,1-2H3,(H,17,18)(H,19,20). The Kier molecular flexibility index (Phi) is 4.98. The fourth-order valence-electron chi connectivity index (χ4n) is 2.20. The number of hydrogen-bond donors (Lipinski definition) is 2. The number of pyridine rings is 1. The lowest BCUT2D eigenvalue weighted by Crippen LogP contribution is -2.19. The van der Waals surface area contributed by atoms with Crippen molar-refractivity contribution in [3.8, 4) is 0 Å². The molecule has 1 unspecified atom stereocenters. The van der Waals surface area contributed by atoms with Crippen molar-refractivity contribution in [3.05, 3.63) is 47.5 Å². The van der Waals surface area contributed by atoms with E-state index in [9.17, 15) is 9.90 Å². The van der Waals surface area contributed by atoms with Crippen molar-refractivity contribution in [1.82, 2.24) is 4.98 Å². The van der Waals surface area contributed by atoms with Crippen LogP contribution in [0.2, 0.25) is 0 Å². The second-order valence-electron chi connectivity index (χ2n) is 5.12. The van der Waals surface area contributed by atoms with Gasteiger partial charge in [-0.1, -0.05) is 13.3 Å². The Morgan fingerprint density at radius 2 is 2.29 bits per heavy atom. The molecule has 2 rings (SSSR count). The fraction of sp³-hybridized carbons (Fsp3) is 0.375. The maximum Gasteiger partial charge on any atom is 0.335 e. The van der Waals surface area contributed by atoms with E-state index >= 15 is 0 Å². The molecule has 5 nitrogen and oxygen atoms in total. The van der Waals surface area contributed by atoms with Gasteiger partial charge in [-0.3, -0.25) is 0 Å². The molecule has 0 aliphatic rings. The number of aromatic carboxylic acids is 1. The molecule has 21 heavy (non-hydrogen) atoms. The summed E-state index contributed by atoms with van der Waals surface area (Å²) in [6, 6.07) is 7.07. The summed E-state index contributed by atoms with van der Waals surface area (Å²) in [6.45, 7) is 4.05. The smallest absolute Gasteiger partial charge is 0.335 e. The Morgan fingerprint density at radius 3 is 2.90 bits per heavy atom. The largest absolute Gasteiger partial charge is 0.478 e. The third kappa shape index (κ3) is 4.34. The van der Waals surface area contributed by atoms with Crippen LogP contribution in [0.15, 0.2) is 34.9 Å². The van der Waals surface area contributed by atoms with Crippen molar-refractivity contribution in [2.75, 3.05) is 5.32 Å². The first-order valence-corrected chi connectivity index (χ1v) is 7.11. The second-order valence-corrected chi connectivity index (χ2v) is 5.12. The maximum absolute atomic E-state index is 11.2. The summed E-state index contributed by atoms with van der Waals surface area (Å²) < 4.78 is 5.31. The van der Waals surface area contributed by atoms with Gasteiger partial charge in [0.05, 0.1) is 11.8 Å². The molecule has 0 aliphatic heterocycles. The van der Waals surface area contributed by atoms with Crippen LogP contribution in [0, 0.1) is 0 Å². The average molecular weight is 288 g/mol.